The topological polar surface area (TPSA) is 57.5 Å². The lowest BCUT2D eigenvalue weighted by molar-refractivity contribution is -0.145. The minimum absolute atomic E-state index is 0.189. The molecule has 5 heteroatoms. The lowest BCUT2D eigenvalue weighted by atomic mass is 10.1. The van der Waals surface area contributed by atoms with E-state index < -0.39 is 6.04 Å². The van der Waals surface area contributed by atoms with E-state index in [-0.39, 0.29) is 18.4 Å². The summed E-state index contributed by atoms with van der Waals surface area (Å²) >= 11 is 0. The molecule has 1 unspecified atom stereocenters. The number of hydrogen-bond donors (Lipinski definition) is 0. The maximum Gasteiger partial charge on any atom is 0.328 e. The van der Waals surface area contributed by atoms with E-state index in [0.717, 1.165) is 0 Å². The minimum Gasteiger partial charge on any atom is -0.469 e. The maximum absolute atomic E-state index is 11.5. The van der Waals surface area contributed by atoms with Crippen LogP contribution in [0.15, 0.2) is 24.5 Å². The summed E-state index contributed by atoms with van der Waals surface area (Å²) < 4.78 is 10.9. The van der Waals surface area contributed by atoms with Gasteiger partial charge in [-0.25, -0.2) is 4.79 Å². The van der Waals surface area contributed by atoms with Gasteiger partial charge in [-0.2, -0.15) is 0 Å². The second-order valence-corrected chi connectivity index (χ2v) is 3.28. The third-order valence-corrected chi connectivity index (χ3v) is 2.31. The van der Waals surface area contributed by atoms with Gasteiger partial charge < -0.3 is 14.0 Å². The summed E-state index contributed by atoms with van der Waals surface area (Å²) in [6.45, 7) is 0. The highest BCUT2D eigenvalue weighted by Crippen LogP contribution is 2.16. The van der Waals surface area contributed by atoms with Gasteiger partial charge in [-0.1, -0.05) is 0 Å². The Hall–Kier alpha value is -1.78. The normalized spacial score (nSPS) is 11.9. The predicted octanol–water partition coefficient (Wildman–Crippen LogP) is 1.16. The molecule has 0 aliphatic rings. The van der Waals surface area contributed by atoms with Gasteiger partial charge in [0.05, 0.1) is 14.2 Å². The van der Waals surface area contributed by atoms with Gasteiger partial charge in [0.15, 0.2) is 0 Å². The molecule has 0 bridgehead atoms. The summed E-state index contributed by atoms with van der Waals surface area (Å²) in [5, 5.41) is 0. The third kappa shape index (κ3) is 3.12. The molecule has 5 nitrogen and oxygen atoms in total. The SMILES string of the molecule is COC(=O)CCC(C(=O)OC)n1cccc1. The Labute approximate surface area is 94.0 Å². The van der Waals surface area contributed by atoms with Crippen LogP contribution in [-0.4, -0.2) is 30.7 Å². The van der Waals surface area contributed by atoms with E-state index in [1.54, 1.807) is 17.0 Å². The van der Waals surface area contributed by atoms with Gasteiger partial charge in [-0.15, -0.1) is 0 Å². The minimum atomic E-state index is -0.473. The summed E-state index contributed by atoms with van der Waals surface area (Å²) in [7, 11) is 2.65. The molecule has 0 aliphatic heterocycles. The van der Waals surface area contributed by atoms with Crippen molar-refractivity contribution in [2.24, 2.45) is 0 Å². The van der Waals surface area contributed by atoms with Crippen LogP contribution in [0.25, 0.3) is 0 Å². The van der Waals surface area contributed by atoms with E-state index in [2.05, 4.69) is 4.74 Å². The van der Waals surface area contributed by atoms with Crippen LogP contribution in [0.1, 0.15) is 18.9 Å². The van der Waals surface area contributed by atoms with Crippen LogP contribution < -0.4 is 0 Å². The molecule has 0 spiro atoms. The molecule has 88 valence electrons. The third-order valence-electron chi connectivity index (χ3n) is 2.31. The first-order valence-corrected chi connectivity index (χ1v) is 4.96. The summed E-state index contributed by atoms with van der Waals surface area (Å²) in [4.78, 5) is 22.5. The molecular weight excluding hydrogens is 210 g/mol. The second-order valence-electron chi connectivity index (χ2n) is 3.28. The fourth-order valence-electron chi connectivity index (χ4n) is 1.44. The fourth-order valence-corrected chi connectivity index (χ4v) is 1.44. The first-order chi connectivity index (χ1) is 7.69. The fraction of sp³-hybridized carbons (Fsp3) is 0.455. The van der Waals surface area contributed by atoms with Gasteiger partial charge in [0.25, 0.3) is 0 Å². The first-order valence-electron chi connectivity index (χ1n) is 4.96. The molecule has 1 aromatic rings. The zero-order valence-electron chi connectivity index (χ0n) is 9.38. The molecule has 0 saturated carbocycles. The Kier molecular flexibility index (Phi) is 4.57. The summed E-state index contributed by atoms with van der Waals surface area (Å²) in [6, 6.07) is 3.15. The van der Waals surface area contributed by atoms with Crippen LogP contribution in [0, 0.1) is 0 Å². The maximum atomic E-state index is 11.5. The van der Waals surface area contributed by atoms with Crippen LogP contribution in [0.3, 0.4) is 0 Å². The van der Waals surface area contributed by atoms with E-state index in [1.165, 1.54) is 14.2 Å². The number of methoxy groups -OCH3 is 2. The average molecular weight is 225 g/mol. The molecule has 0 radical (unpaired) electrons. The Morgan fingerprint density at radius 3 is 2.31 bits per heavy atom. The van der Waals surface area contributed by atoms with E-state index in [1.807, 2.05) is 12.1 Å². The van der Waals surface area contributed by atoms with E-state index in [4.69, 9.17) is 4.74 Å². The van der Waals surface area contributed by atoms with Crippen molar-refractivity contribution < 1.29 is 19.1 Å². The number of carbonyl (C=O) groups excluding carboxylic acids is 2. The highest BCUT2D eigenvalue weighted by Gasteiger charge is 2.21. The van der Waals surface area contributed by atoms with Gasteiger partial charge in [0, 0.05) is 18.8 Å². The van der Waals surface area contributed by atoms with Gasteiger partial charge in [0.1, 0.15) is 6.04 Å². The second kappa shape index (κ2) is 5.95. The van der Waals surface area contributed by atoms with Crippen molar-refractivity contribution in [3.8, 4) is 0 Å². The van der Waals surface area contributed by atoms with Crippen LogP contribution >= 0.6 is 0 Å². The van der Waals surface area contributed by atoms with Crippen molar-refractivity contribution in [2.75, 3.05) is 14.2 Å². The number of hydrogen-bond acceptors (Lipinski definition) is 4. The summed E-state index contributed by atoms with van der Waals surface area (Å²) in [6.07, 6.45) is 4.08. The molecule has 0 amide bonds. The Bertz CT molecular complexity index is 345. The first kappa shape index (κ1) is 12.3. The lowest BCUT2D eigenvalue weighted by Gasteiger charge is -2.15. The van der Waals surface area contributed by atoms with Crippen molar-refractivity contribution in [3.63, 3.8) is 0 Å². The number of nitrogens with zero attached hydrogens (tertiary/aromatic N) is 1. The number of ether oxygens (including phenoxy) is 2. The standard InChI is InChI=1S/C11H15NO4/c1-15-10(13)6-5-9(11(14)16-2)12-7-3-4-8-12/h3-4,7-9H,5-6H2,1-2H3. The average Bonchev–Trinajstić information content (AvgIpc) is 2.82. The Balaban J connectivity index is 2.66. The van der Waals surface area contributed by atoms with Crippen LogP contribution in [-0.2, 0) is 19.1 Å². The van der Waals surface area contributed by atoms with Gasteiger partial charge in [0.2, 0.25) is 0 Å². The molecule has 0 N–H and O–H groups in total. The van der Waals surface area contributed by atoms with Crippen LogP contribution in [0.2, 0.25) is 0 Å². The van der Waals surface area contributed by atoms with E-state index in [9.17, 15) is 9.59 Å². The quantitative estimate of drug-likeness (QED) is 0.705. The van der Waals surface area contributed by atoms with Crippen molar-refractivity contribution in [3.05, 3.63) is 24.5 Å². The van der Waals surface area contributed by atoms with Crippen LogP contribution in [0.5, 0.6) is 0 Å². The van der Waals surface area contributed by atoms with Crippen molar-refractivity contribution in [1.29, 1.82) is 0 Å². The predicted molar refractivity (Wildman–Crippen MR) is 56.7 cm³/mol. The largest absolute Gasteiger partial charge is 0.469 e. The number of aromatic nitrogens is 1. The number of carbonyl (C=O) groups is 2. The smallest absolute Gasteiger partial charge is 0.328 e. The molecule has 16 heavy (non-hydrogen) atoms. The summed E-state index contributed by atoms with van der Waals surface area (Å²) in [5.41, 5.74) is 0. The highest BCUT2D eigenvalue weighted by atomic mass is 16.5. The highest BCUT2D eigenvalue weighted by molar-refractivity contribution is 5.75. The molecule has 0 saturated heterocycles. The van der Waals surface area contributed by atoms with Crippen molar-refractivity contribution in [1.82, 2.24) is 4.57 Å². The van der Waals surface area contributed by atoms with E-state index in [0.29, 0.717) is 6.42 Å². The molecular formula is C11H15NO4. The zero-order chi connectivity index (χ0) is 12.0. The van der Waals surface area contributed by atoms with Crippen LogP contribution in [0.4, 0.5) is 0 Å². The van der Waals surface area contributed by atoms with E-state index >= 15 is 0 Å². The summed E-state index contributed by atoms with van der Waals surface area (Å²) in [5.74, 6) is -0.693. The molecule has 0 fully saturated rings. The Morgan fingerprint density at radius 2 is 1.81 bits per heavy atom. The molecule has 1 heterocycles. The zero-order valence-corrected chi connectivity index (χ0v) is 9.38. The lowest BCUT2D eigenvalue weighted by Crippen LogP contribution is -2.21. The molecule has 1 aromatic heterocycles. The molecule has 1 atom stereocenters. The van der Waals surface area contributed by atoms with Crippen molar-refractivity contribution >= 4 is 11.9 Å². The van der Waals surface area contributed by atoms with Gasteiger partial charge in [-0.3, -0.25) is 4.79 Å². The number of esters is 2. The molecule has 1 rings (SSSR count). The van der Waals surface area contributed by atoms with Gasteiger partial charge in [-0.05, 0) is 18.6 Å². The number of rotatable bonds is 5. The monoisotopic (exact) mass is 225 g/mol. The van der Waals surface area contributed by atoms with Gasteiger partial charge >= 0.3 is 11.9 Å². The molecule has 0 aliphatic carbocycles. The Morgan fingerprint density at radius 1 is 1.19 bits per heavy atom. The van der Waals surface area contributed by atoms with Crippen molar-refractivity contribution in [2.45, 2.75) is 18.9 Å². The molecule has 0 aromatic carbocycles.